The lowest BCUT2D eigenvalue weighted by atomic mass is 10.2. The van der Waals surface area contributed by atoms with Gasteiger partial charge in [-0.1, -0.05) is 23.7 Å². The summed E-state index contributed by atoms with van der Waals surface area (Å²) in [4.78, 5) is 17.0. The number of unbranched alkanes of at least 4 members (excludes halogenated alkanes) is 1. The van der Waals surface area contributed by atoms with Crippen molar-refractivity contribution >= 4 is 28.5 Å². The van der Waals surface area contributed by atoms with Crippen molar-refractivity contribution in [1.29, 1.82) is 0 Å². The Labute approximate surface area is 182 Å². The van der Waals surface area contributed by atoms with Crippen LogP contribution in [0, 0.1) is 12.8 Å². The standard InChI is InChI=1S/C24H28ClN3O2/c1-16-15-19(11-12-20(16)25)30-14-6-5-13-28-22-8-4-3-7-21(22)27-23(28)17(2)26-24(29)18-9-10-18/h3-4,7-8,11-12,15,17-18H,5-6,9-10,13-14H2,1-2H3,(H,26,29). The van der Waals surface area contributed by atoms with Gasteiger partial charge in [-0.25, -0.2) is 4.98 Å². The molecule has 0 aliphatic heterocycles. The van der Waals surface area contributed by atoms with Gasteiger partial charge in [-0.05, 0) is 75.4 Å². The zero-order valence-corrected chi connectivity index (χ0v) is 18.3. The van der Waals surface area contributed by atoms with Gasteiger partial charge < -0.3 is 14.6 Å². The third-order valence-electron chi connectivity index (χ3n) is 5.55. The number of imidazole rings is 1. The molecule has 1 saturated carbocycles. The van der Waals surface area contributed by atoms with Gasteiger partial charge in [0.25, 0.3) is 0 Å². The molecule has 1 atom stereocenters. The van der Waals surface area contributed by atoms with Crippen LogP contribution in [0.25, 0.3) is 11.0 Å². The molecule has 1 aliphatic rings. The highest BCUT2D eigenvalue weighted by atomic mass is 35.5. The normalized spacial score (nSPS) is 14.6. The van der Waals surface area contributed by atoms with Crippen LogP contribution in [0.3, 0.4) is 0 Å². The third kappa shape index (κ3) is 4.78. The van der Waals surface area contributed by atoms with Gasteiger partial charge in [0, 0.05) is 17.5 Å². The smallest absolute Gasteiger partial charge is 0.223 e. The molecule has 2 aromatic carbocycles. The predicted octanol–water partition coefficient (Wildman–Crippen LogP) is 5.44. The zero-order chi connectivity index (χ0) is 21.1. The zero-order valence-electron chi connectivity index (χ0n) is 17.5. The number of amides is 1. The molecule has 1 N–H and O–H groups in total. The van der Waals surface area contributed by atoms with Crippen LogP contribution in [0.1, 0.15) is 50.0 Å². The van der Waals surface area contributed by atoms with Gasteiger partial charge in [-0.3, -0.25) is 4.79 Å². The SMILES string of the molecule is Cc1cc(OCCCCn2c(C(C)NC(=O)C3CC3)nc3ccccc32)ccc1Cl. The maximum absolute atomic E-state index is 12.2. The molecule has 1 unspecified atom stereocenters. The molecule has 3 aromatic rings. The number of carbonyl (C=O) groups is 1. The van der Waals surface area contributed by atoms with Crippen LogP contribution in [-0.2, 0) is 11.3 Å². The van der Waals surface area contributed by atoms with Crippen molar-refractivity contribution in [2.24, 2.45) is 5.92 Å². The van der Waals surface area contributed by atoms with E-state index < -0.39 is 0 Å². The maximum atomic E-state index is 12.2. The van der Waals surface area contributed by atoms with Crippen LogP contribution in [0.2, 0.25) is 5.02 Å². The van der Waals surface area contributed by atoms with Crippen LogP contribution in [0.4, 0.5) is 0 Å². The number of rotatable bonds is 9. The fraction of sp³-hybridized carbons (Fsp3) is 0.417. The van der Waals surface area contributed by atoms with Crippen molar-refractivity contribution in [3.63, 3.8) is 0 Å². The van der Waals surface area contributed by atoms with Gasteiger partial charge in [0.15, 0.2) is 0 Å². The Morgan fingerprint density at radius 1 is 1.27 bits per heavy atom. The lowest BCUT2D eigenvalue weighted by Gasteiger charge is -2.16. The average Bonchev–Trinajstić information content (AvgIpc) is 3.52. The van der Waals surface area contributed by atoms with Gasteiger partial charge in [-0.15, -0.1) is 0 Å². The van der Waals surface area contributed by atoms with Crippen LogP contribution in [-0.4, -0.2) is 22.1 Å². The summed E-state index contributed by atoms with van der Waals surface area (Å²) >= 11 is 6.07. The lowest BCUT2D eigenvalue weighted by Crippen LogP contribution is -2.29. The van der Waals surface area contributed by atoms with E-state index in [1.54, 1.807) is 0 Å². The van der Waals surface area contributed by atoms with E-state index >= 15 is 0 Å². The number of ether oxygens (including phenoxy) is 1. The monoisotopic (exact) mass is 425 g/mol. The second-order valence-electron chi connectivity index (χ2n) is 8.08. The van der Waals surface area contributed by atoms with Crippen molar-refractivity contribution in [3.8, 4) is 5.75 Å². The Hall–Kier alpha value is -2.53. The number of fused-ring (bicyclic) bond motifs is 1. The number of aryl methyl sites for hydroxylation is 2. The number of para-hydroxylation sites is 2. The van der Waals surface area contributed by atoms with E-state index in [1.807, 2.05) is 50.2 Å². The molecule has 1 amide bonds. The molecule has 1 fully saturated rings. The Balaban J connectivity index is 1.38. The number of nitrogens with one attached hydrogen (secondary N) is 1. The topological polar surface area (TPSA) is 56.1 Å². The van der Waals surface area contributed by atoms with Crippen molar-refractivity contribution in [2.45, 2.75) is 52.1 Å². The molecule has 5 nitrogen and oxygen atoms in total. The van der Waals surface area contributed by atoms with Gasteiger partial charge in [-0.2, -0.15) is 0 Å². The van der Waals surface area contributed by atoms with Crippen LogP contribution in [0.15, 0.2) is 42.5 Å². The second-order valence-corrected chi connectivity index (χ2v) is 8.49. The number of hydrogen-bond acceptors (Lipinski definition) is 3. The van der Waals surface area contributed by atoms with E-state index in [4.69, 9.17) is 21.3 Å². The number of hydrogen-bond donors (Lipinski definition) is 1. The summed E-state index contributed by atoms with van der Waals surface area (Å²) < 4.78 is 8.11. The van der Waals surface area contributed by atoms with Crippen LogP contribution in [0.5, 0.6) is 5.75 Å². The minimum Gasteiger partial charge on any atom is -0.494 e. The summed E-state index contributed by atoms with van der Waals surface area (Å²) in [6, 6.07) is 13.8. The molecule has 6 heteroatoms. The quantitative estimate of drug-likeness (QED) is 0.464. The molecule has 158 valence electrons. The molecule has 1 heterocycles. The van der Waals surface area contributed by atoms with E-state index in [1.165, 1.54) is 0 Å². The molecule has 4 rings (SSSR count). The number of halogens is 1. The summed E-state index contributed by atoms with van der Waals surface area (Å²) in [6.07, 6.45) is 3.89. The summed E-state index contributed by atoms with van der Waals surface area (Å²) in [5.41, 5.74) is 3.09. The van der Waals surface area contributed by atoms with Gasteiger partial charge >= 0.3 is 0 Å². The highest BCUT2D eigenvalue weighted by molar-refractivity contribution is 6.31. The summed E-state index contributed by atoms with van der Waals surface area (Å²) in [5, 5.41) is 3.89. The van der Waals surface area contributed by atoms with Crippen molar-refractivity contribution < 1.29 is 9.53 Å². The number of aromatic nitrogens is 2. The summed E-state index contributed by atoms with van der Waals surface area (Å²) in [7, 11) is 0. The van der Waals surface area contributed by atoms with Gasteiger partial charge in [0.2, 0.25) is 5.91 Å². The molecule has 0 saturated heterocycles. The van der Waals surface area contributed by atoms with Crippen molar-refractivity contribution in [2.75, 3.05) is 6.61 Å². The van der Waals surface area contributed by atoms with Gasteiger partial charge in [0.05, 0.1) is 23.7 Å². The van der Waals surface area contributed by atoms with Crippen molar-refractivity contribution in [1.82, 2.24) is 14.9 Å². The molecule has 0 radical (unpaired) electrons. The summed E-state index contributed by atoms with van der Waals surface area (Å²) in [5.74, 6) is 2.10. The second kappa shape index (κ2) is 9.09. The molecule has 0 spiro atoms. The fourth-order valence-electron chi connectivity index (χ4n) is 3.67. The maximum Gasteiger partial charge on any atom is 0.223 e. The Kier molecular flexibility index (Phi) is 6.28. The van der Waals surface area contributed by atoms with E-state index in [0.717, 1.165) is 65.4 Å². The van der Waals surface area contributed by atoms with E-state index in [2.05, 4.69) is 16.0 Å². The Bertz CT molecular complexity index is 1040. The first kappa shape index (κ1) is 20.7. The first-order chi connectivity index (χ1) is 14.5. The highest BCUT2D eigenvalue weighted by Crippen LogP contribution is 2.30. The molecule has 0 bridgehead atoms. The number of nitrogens with zero attached hydrogens (tertiary/aromatic N) is 2. The molecule has 30 heavy (non-hydrogen) atoms. The predicted molar refractivity (Wildman–Crippen MR) is 120 cm³/mol. The molecular formula is C24H28ClN3O2. The molecule has 1 aliphatic carbocycles. The average molecular weight is 426 g/mol. The van der Waals surface area contributed by atoms with E-state index in [0.29, 0.717) is 6.61 Å². The first-order valence-electron chi connectivity index (χ1n) is 10.7. The minimum absolute atomic E-state index is 0.112. The lowest BCUT2D eigenvalue weighted by molar-refractivity contribution is -0.123. The first-order valence-corrected chi connectivity index (χ1v) is 11.0. The third-order valence-corrected chi connectivity index (χ3v) is 5.98. The Morgan fingerprint density at radius 3 is 2.83 bits per heavy atom. The van der Waals surface area contributed by atoms with Crippen LogP contribution < -0.4 is 10.1 Å². The highest BCUT2D eigenvalue weighted by Gasteiger charge is 2.31. The largest absolute Gasteiger partial charge is 0.494 e. The fourth-order valence-corrected chi connectivity index (χ4v) is 3.79. The van der Waals surface area contributed by atoms with Gasteiger partial charge in [0.1, 0.15) is 11.6 Å². The van der Waals surface area contributed by atoms with Crippen molar-refractivity contribution in [3.05, 3.63) is 58.9 Å². The Morgan fingerprint density at radius 2 is 2.07 bits per heavy atom. The minimum atomic E-state index is -0.112. The van der Waals surface area contributed by atoms with Crippen LogP contribution >= 0.6 is 11.6 Å². The molecular weight excluding hydrogens is 398 g/mol. The van der Waals surface area contributed by atoms with E-state index in [9.17, 15) is 4.79 Å². The summed E-state index contributed by atoms with van der Waals surface area (Å²) in [6.45, 7) is 5.48. The number of benzene rings is 2. The number of carbonyl (C=O) groups excluding carboxylic acids is 1. The molecule has 1 aromatic heterocycles. The van der Waals surface area contributed by atoms with E-state index in [-0.39, 0.29) is 17.9 Å².